The van der Waals surface area contributed by atoms with Crippen molar-refractivity contribution in [1.82, 2.24) is 4.57 Å². The summed E-state index contributed by atoms with van der Waals surface area (Å²) in [6, 6.07) is 16.8. The Hall–Kier alpha value is -4.04. The standard InChI is InChI=1S/C27H26N2O5S/c1-4-33-22-16-19(27(31)32-3)15-21(24(22)34-5-2)28-26(30)25-23(29-13-9-10-14-29)20(17-35-25)18-11-7-6-8-12-18/h6-17H,4-5H2,1-3H3,(H,28,30). The first-order valence-electron chi connectivity index (χ1n) is 11.2. The topological polar surface area (TPSA) is 78.8 Å². The van der Waals surface area contributed by atoms with E-state index in [0.29, 0.717) is 35.3 Å². The van der Waals surface area contributed by atoms with Crippen LogP contribution in [0.25, 0.3) is 16.8 Å². The Morgan fingerprint density at radius 1 is 0.971 bits per heavy atom. The first kappa shape index (κ1) is 24.1. The molecule has 0 fully saturated rings. The van der Waals surface area contributed by atoms with Crippen LogP contribution in [-0.2, 0) is 4.74 Å². The fourth-order valence-corrected chi connectivity index (χ4v) is 4.71. The van der Waals surface area contributed by atoms with Crippen LogP contribution in [0, 0.1) is 0 Å². The van der Waals surface area contributed by atoms with Crippen LogP contribution >= 0.6 is 11.3 Å². The Labute approximate surface area is 207 Å². The Bertz CT molecular complexity index is 1310. The number of nitrogens with zero attached hydrogens (tertiary/aromatic N) is 1. The lowest BCUT2D eigenvalue weighted by Crippen LogP contribution is -2.15. The highest BCUT2D eigenvalue weighted by molar-refractivity contribution is 7.13. The number of carbonyl (C=O) groups excluding carboxylic acids is 2. The first-order valence-corrected chi connectivity index (χ1v) is 12.1. The summed E-state index contributed by atoms with van der Waals surface area (Å²) in [4.78, 5) is 26.4. The van der Waals surface area contributed by atoms with E-state index in [2.05, 4.69) is 5.32 Å². The number of benzene rings is 2. The summed E-state index contributed by atoms with van der Waals surface area (Å²) in [5.41, 5.74) is 3.30. The van der Waals surface area contributed by atoms with Crippen molar-refractivity contribution in [3.05, 3.63) is 82.8 Å². The number of ether oxygens (including phenoxy) is 3. The van der Waals surface area contributed by atoms with Gasteiger partial charge in [-0.3, -0.25) is 4.79 Å². The molecule has 0 atom stereocenters. The predicted molar refractivity (Wildman–Crippen MR) is 137 cm³/mol. The summed E-state index contributed by atoms with van der Waals surface area (Å²) in [7, 11) is 1.30. The predicted octanol–water partition coefficient (Wildman–Crippen LogP) is 6.04. The number of hydrogen-bond acceptors (Lipinski definition) is 6. The molecule has 0 saturated heterocycles. The number of esters is 1. The van der Waals surface area contributed by atoms with Crippen molar-refractivity contribution in [2.75, 3.05) is 25.6 Å². The average Bonchev–Trinajstić information content (AvgIpc) is 3.56. The highest BCUT2D eigenvalue weighted by Gasteiger charge is 2.24. The van der Waals surface area contributed by atoms with E-state index in [1.54, 1.807) is 6.07 Å². The second-order valence-electron chi connectivity index (χ2n) is 7.45. The lowest BCUT2D eigenvalue weighted by atomic mass is 10.1. The summed E-state index contributed by atoms with van der Waals surface area (Å²) in [5, 5.41) is 4.91. The molecular weight excluding hydrogens is 464 g/mol. The number of methoxy groups -OCH3 is 1. The quantitative estimate of drug-likeness (QED) is 0.289. The minimum absolute atomic E-state index is 0.247. The van der Waals surface area contributed by atoms with Crippen LogP contribution in [0.3, 0.4) is 0 Å². The number of aromatic nitrogens is 1. The van der Waals surface area contributed by atoms with E-state index < -0.39 is 5.97 Å². The maximum absolute atomic E-state index is 13.6. The van der Waals surface area contributed by atoms with E-state index in [1.165, 1.54) is 24.5 Å². The molecule has 2 aromatic carbocycles. The molecule has 1 amide bonds. The van der Waals surface area contributed by atoms with E-state index in [9.17, 15) is 9.59 Å². The largest absolute Gasteiger partial charge is 0.490 e. The van der Waals surface area contributed by atoms with Crippen LogP contribution in [-0.4, -0.2) is 36.8 Å². The van der Waals surface area contributed by atoms with Gasteiger partial charge in [-0.1, -0.05) is 30.3 Å². The monoisotopic (exact) mass is 490 g/mol. The maximum Gasteiger partial charge on any atom is 0.338 e. The van der Waals surface area contributed by atoms with Crippen LogP contribution in [0.15, 0.2) is 72.4 Å². The van der Waals surface area contributed by atoms with Gasteiger partial charge in [-0.25, -0.2) is 4.79 Å². The van der Waals surface area contributed by atoms with Gasteiger partial charge in [0.2, 0.25) is 0 Å². The van der Waals surface area contributed by atoms with Gasteiger partial charge in [-0.05, 0) is 43.7 Å². The first-order chi connectivity index (χ1) is 17.1. The number of anilines is 1. The number of thiophene rings is 1. The van der Waals surface area contributed by atoms with E-state index in [0.717, 1.165) is 16.8 Å². The van der Waals surface area contributed by atoms with E-state index >= 15 is 0 Å². The van der Waals surface area contributed by atoms with Gasteiger partial charge in [0.25, 0.3) is 5.91 Å². The normalized spacial score (nSPS) is 10.6. The van der Waals surface area contributed by atoms with Crippen molar-refractivity contribution in [2.45, 2.75) is 13.8 Å². The molecule has 8 heteroatoms. The number of amides is 1. The third-order valence-electron chi connectivity index (χ3n) is 5.23. The molecule has 35 heavy (non-hydrogen) atoms. The van der Waals surface area contributed by atoms with Gasteiger partial charge < -0.3 is 24.1 Å². The minimum atomic E-state index is -0.542. The zero-order valence-corrected chi connectivity index (χ0v) is 20.6. The zero-order chi connectivity index (χ0) is 24.8. The molecule has 0 spiro atoms. The SMILES string of the molecule is CCOc1cc(C(=O)OC)cc(NC(=O)c2scc(-c3ccccc3)c2-n2cccc2)c1OCC. The molecule has 0 aliphatic rings. The molecule has 0 radical (unpaired) electrons. The molecule has 2 aromatic heterocycles. The zero-order valence-electron chi connectivity index (χ0n) is 19.7. The van der Waals surface area contributed by atoms with Crippen molar-refractivity contribution >= 4 is 28.9 Å². The van der Waals surface area contributed by atoms with Crippen molar-refractivity contribution in [3.63, 3.8) is 0 Å². The molecule has 2 heterocycles. The minimum Gasteiger partial charge on any atom is -0.490 e. The third-order valence-corrected chi connectivity index (χ3v) is 6.20. The molecule has 4 rings (SSSR count). The van der Waals surface area contributed by atoms with E-state index in [-0.39, 0.29) is 11.5 Å². The van der Waals surface area contributed by atoms with Gasteiger partial charge in [0.15, 0.2) is 11.5 Å². The fourth-order valence-electron chi connectivity index (χ4n) is 3.74. The molecule has 0 aliphatic heterocycles. The Kier molecular flexibility index (Phi) is 7.52. The van der Waals surface area contributed by atoms with E-state index in [4.69, 9.17) is 14.2 Å². The number of hydrogen-bond donors (Lipinski definition) is 1. The molecule has 4 aromatic rings. The lowest BCUT2D eigenvalue weighted by Gasteiger charge is -2.17. The maximum atomic E-state index is 13.6. The van der Waals surface area contributed by atoms with Gasteiger partial charge in [-0.2, -0.15) is 0 Å². The van der Waals surface area contributed by atoms with E-state index in [1.807, 2.05) is 78.7 Å². The summed E-state index contributed by atoms with van der Waals surface area (Å²) in [6.45, 7) is 4.39. The third kappa shape index (κ3) is 5.07. The smallest absolute Gasteiger partial charge is 0.338 e. The molecule has 0 aliphatic carbocycles. The van der Waals surface area contributed by atoms with Crippen LogP contribution in [0.1, 0.15) is 33.9 Å². The molecule has 0 unspecified atom stereocenters. The van der Waals surface area contributed by atoms with Crippen LogP contribution in [0.5, 0.6) is 11.5 Å². The summed E-state index contributed by atoms with van der Waals surface area (Å²) in [5.74, 6) is -0.154. The van der Waals surface area contributed by atoms with Crippen molar-refractivity contribution in [2.24, 2.45) is 0 Å². The number of nitrogens with one attached hydrogen (secondary N) is 1. The molecular formula is C27H26N2O5S. The fraction of sp³-hybridized carbons (Fsp3) is 0.185. The highest BCUT2D eigenvalue weighted by Crippen LogP contribution is 2.40. The highest BCUT2D eigenvalue weighted by atomic mass is 32.1. The second-order valence-corrected chi connectivity index (χ2v) is 8.33. The molecule has 0 bridgehead atoms. The summed E-state index contributed by atoms with van der Waals surface area (Å²) >= 11 is 1.35. The van der Waals surface area contributed by atoms with Gasteiger partial charge in [0.1, 0.15) is 4.88 Å². The Balaban J connectivity index is 1.79. The second kappa shape index (κ2) is 10.9. The summed E-state index contributed by atoms with van der Waals surface area (Å²) in [6.07, 6.45) is 3.81. The molecule has 1 N–H and O–H groups in total. The van der Waals surface area contributed by atoms with Crippen LogP contribution in [0.2, 0.25) is 0 Å². The van der Waals surface area contributed by atoms with Crippen LogP contribution < -0.4 is 14.8 Å². The van der Waals surface area contributed by atoms with Crippen molar-refractivity contribution < 1.29 is 23.8 Å². The molecule has 7 nitrogen and oxygen atoms in total. The number of rotatable bonds is 9. The Morgan fingerprint density at radius 2 is 1.69 bits per heavy atom. The van der Waals surface area contributed by atoms with Gasteiger partial charge >= 0.3 is 5.97 Å². The molecule has 180 valence electrons. The summed E-state index contributed by atoms with van der Waals surface area (Å²) < 4.78 is 18.3. The van der Waals surface area contributed by atoms with Crippen LogP contribution in [0.4, 0.5) is 5.69 Å². The van der Waals surface area contributed by atoms with Gasteiger partial charge in [0, 0.05) is 23.3 Å². The van der Waals surface area contributed by atoms with Crippen molar-refractivity contribution in [3.8, 4) is 28.3 Å². The number of carbonyl (C=O) groups is 2. The Morgan fingerprint density at radius 3 is 2.34 bits per heavy atom. The van der Waals surface area contributed by atoms with Gasteiger partial charge in [-0.15, -0.1) is 11.3 Å². The van der Waals surface area contributed by atoms with Crippen molar-refractivity contribution in [1.29, 1.82) is 0 Å². The van der Waals surface area contributed by atoms with Gasteiger partial charge in [0.05, 0.1) is 37.3 Å². The molecule has 0 saturated carbocycles. The average molecular weight is 491 g/mol. The lowest BCUT2D eigenvalue weighted by molar-refractivity contribution is 0.0600.